The van der Waals surface area contributed by atoms with Gasteiger partial charge in [0.05, 0.1) is 19.8 Å². The third-order valence-corrected chi connectivity index (χ3v) is 1.70. The van der Waals surface area contributed by atoms with Crippen molar-refractivity contribution in [1.29, 1.82) is 0 Å². The standard InChI is InChI=1S/C7H11O2/c1-2-3-7(4-8)5-9-6-7/h2H,1,3-6H2. The molecular formula is C7H11O2. The summed E-state index contributed by atoms with van der Waals surface area (Å²) in [6, 6.07) is 0. The smallest absolute Gasteiger partial charge is 0.0925 e. The first-order valence-corrected chi connectivity index (χ1v) is 3.10. The van der Waals surface area contributed by atoms with Crippen LogP contribution in [0.25, 0.3) is 0 Å². The molecule has 1 rings (SSSR count). The zero-order valence-corrected chi connectivity index (χ0v) is 5.43. The molecule has 0 atom stereocenters. The van der Waals surface area contributed by atoms with E-state index in [0.717, 1.165) is 6.42 Å². The molecule has 0 N–H and O–H groups in total. The molecule has 1 aliphatic heterocycles. The van der Waals surface area contributed by atoms with Gasteiger partial charge in [-0.15, -0.1) is 6.58 Å². The maximum atomic E-state index is 10.5. The highest BCUT2D eigenvalue weighted by Gasteiger charge is 2.37. The van der Waals surface area contributed by atoms with Crippen LogP contribution in [0.2, 0.25) is 0 Å². The Kier molecular flexibility index (Phi) is 1.88. The highest BCUT2D eigenvalue weighted by atomic mass is 16.5. The van der Waals surface area contributed by atoms with Crippen LogP contribution in [-0.4, -0.2) is 19.8 Å². The summed E-state index contributed by atoms with van der Waals surface area (Å²) in [5, 5.41) is 10.5. The minimum atomic E-state index is -0.0816. The number of allylic oxidation sites excluding steroid dienone is 1. The van der Waals surface area contributed by atoms with E-state index in [1.807, 2.05) is 0 Å². The first-order valence-electron chi connectivity index (χ1n) is 3.10. The molecule has 1 heterocycles. The van der Waals surface area contributed by atoms with Gasteiger partial charge in [-0.25, -0.2) is 5.11 Å². The van der Waals surface area contributed by atoms with E-state index in [-0.39, 0.29) is 12.0 Å². The molecule has 0 aromatic heterocycles. The number of hydrogen-bond acceptors (Lipinski definition) is 1. The van der Waals surface area contributed by atoms with E-state index in [1.54, 1.807) is 6.08 Å². The average Bonchev–Trinajstić information content (AvgIpc) is 1.79. The van der Waals surface area contributed by atoms with Gasteiger partial charge in [0.2, 0.25) is 0 Å². The Morgan fingerprint density at radius 1 is 1.67 bits per heavy atom. The van der Waals surface area contributed by atoms with Gasteiger partial charge in [0.15, 0.2) is 0 Å². The Morgan fingerprint density at radius 3 is 2.44 bits per heavy atom. The summed E-state index contributed by atoms with van der Waals surface area (Å²) in [6.07, 6.45) is 2.59. The number of hydrogen-bond donors (Lipinski definition) is 0. The van der Waals surface area contributed by atoms with Crippen LogP contribution in [0.4, 0.5) is 0 Å². The summed E-state index contributed by atoms with van der Waals surface area (Å²) in [4.78, 5) is 0. The number of ether oxygens (including phenoxy) is 1. The Bertz CT molecular complexity index is 100.0. The van der Waals surface area contributed by atoms with Crippen molar-refractivity contribution in [3.8, 4) is 0 Å². The quantitative estimate of drug-likeness (QED) is 0.520. The Morgan fingerprint density at radius 2 is 2.33 bits per heavy atom. The van der Waals surface area contributed by atoms with Gasteiger partial charge >= 0.3 is 0 Å². The molecule has 0 aromatic rings. The van der Waals surface area contributed by atoms with Crippen LogP contribution in [0.15, 0.2) is 12.7 Å². The molecule has 1 fully saturated rings. The topological polar surface area (TPSA) is 29.1 Å². The Labute approximate surface area is 55.1 Å². The van der Waals surface area contributed by atoms with Crippen molar-refractivity contribution in [3.05, 3.63) is 12.7 Å². The molecule has 0 unspecified atom stereocenters. The SMILES string of the molecule is C=CCC1(C[O])COC1. The summed E-state index contributed by atoms with van der Waals surface area (Å²) in [5.41, 5.74) is -0.0816. The van der Waals surface area contributed by atoms with Crippen molar-refractivity contribution in [2.45, 2.75) is 6.42 Å². The second-order valence-corrected chi connectivity index (χ2v) is 2.63. The second-order valence-electron chi connectivity index (χ2n) is 2.63. The summed E-state index contributed by atoms with van der Waals surface area (Å²) >= 11 is 0. The van der Waals surface area contributed by atoms with Gasteiger partial charge in [-0.3, -0.25) is 0 Å². The largest absolute Gasteiger partial charge is 0.380 e. The van der Waals surface area contributed by atoms with Crippen LogP contribution in [0.1, 0.15) is 6.42 Å². The third kappa shape index (κ3) is 1.14. The Balaban J connectivity index is 2.36. The van der Waals surface area contributed by atoms with Crippen LogP contribution in [0.3, 0.4) is 0 Å². The number of rotatable bonds is 3. The van der Waals surface area contributed by atoms with Crippen LogP contribution in [0, 0.1) is 5.41 Å². The highest BCUT2D eigenvalue weighted by Crippen LogP contribution is 2.30. The molecule has 0 spiro atoms. The monoisotopic (exact) mass is 127 g/mol. The van der Waals surface area contributed by atoms with Gasteiger partial charge < -0.3 is 4.74 Å². The van der Waals surface area contributed by atoms with Crippen molar-refractivity contribution < 1.29 is 9.84 Å². The summed E-state index contributed by atoms with van der Waals surface area (Å²) in [6.45, 7) is 4.81. The van der Waals surface area contributed by atoms with E-state index in [0.29, 0.717) is 13.2 Å². The molecule has 0 aromatic carbocycles. The third-order valence-electron chi connectivity index (χ3n) is 1.70. The Hall–Kier alpha value is -0.340. The van der Waals surface area contributed by atoms with E-state index in [4.69, 9.17) is 4.74 Å². The summed E-state index contributed by atoms with van der Waals surface area (Å²) in [7, 11) is 0. The van der Waals surface area contributed by atoms with Gasteiger partial charge in [0.25, 0.3) is 0 Å². The fourth-order valence-electron chi connectivity index (χ4n) is 0.957. The zero-order chi connectivity index (χ0) is 6.74. The molecule has 2 heteroatoms. The molecular weight excluding hydrogens is 116 g/mol. The van der Waals surface area contributed by atoms with Gasteiger partial charge in [-0.05, 0) is 6.42 Å². The van der Waals surface area contributed by atoms with E-state index in [2.05, 4.69) is 6.58 Å². The first kappa shape index (κ1) is 6.78. The molecule has 0 amide bonds. The lowest BCUT2D eigenvalue weighted by Crippen LogP contribution is -2.44. The van der Waals surface area contributed by atoms with Gasteiger partial charge in [0, 0.05) is 5.41 Å². The maximum absolute atomic E-state index is 10.5. The van der Waals surface area contributed by atoms with Gasteiger partial charge in [-0.2, -0.15) is 0 Å². The van der Waals surface area contributed by atoms with Crippen molar-refractivity contribution >= 4 is 0 Å². The van der Waals surface area contributed by atoms with E-state index in [1.165, 1.54) is 0 Å². The zero-order valence-electron chi connectivity index (χ0n) is 5.43. The fraction of sp³-hybridized carbons (Fsp3) is 0.714. The van der Waals surface area contributed by atoms with E-state index < -0.39 is 0 Å². The predicted molar refractivity (Wildman–Crippen MR) is 33.6 cm³/mol. The lowest BCUT2D eigenvalue weighted by molar-refractivity contribution is -0.145. The lowest BCUT2D eigenvalue weighted by atomic mass is 9.84. The molecule has 0 bridgehead atoms. The molecule has 1 aliphatic rings. The van der Waals surface area contributed by atoms with Crippen LogP contribution in [-0.2, 0) is 9.84 Å². The summed E-state index contributed by atoms with van der Waals surface area (Å²) in [5.74, 6) is 0. The van der Waals surface area contributed by atoms with Crippen LogP contribution >= 0.6 is 0 Å². The highest BCUT2D eigenvalue weighted by molar-refractivity contribution is 4.90. The summed E-state index contributed by atoms with van der Waals surface area (Å²) < 4.78 is 4.93. The van der Waals surface area contributed by atoms with Crippen molar-refractivity contribution in [3.63, 3.8) is 0 Å². The second kappa shape index (κ2) is 2.50. The molecule has 2 nitrogen and oxygen atoms in total. The predicted octanol–water partition coefficient (Wildman–Crippen LogP) is 1.01. The fourth-order valence-corrected chi connectivity index (χ4v) is 0.957. The molecule has 1 radical (unpaired) electrons. The van der Waals surface area contributed by atoms with Crippen LogP contribution < -0.4 is 0 Å². The molecule has 0 aliphatic carbocycles. The normalized spacial score (nSPS) is 22.8. The van der Waals surface area contributed by atoms with E-state index >= 15 is 0 Å². The minimum absolute atomic E-state index is 0.0288. The molecule has 51 valence electrons. The lowest BCUT2D eigenvalue weighted by Gasteiger charge is -2.38. The first-order chi connectivity index (χ1) is 4.33. The van der Waals surface area contributed by atoms with Crippen molar-refractivity contribution in [2.24, 2.45) is 5.41 Å². The van der Waals surface area contributed by atoms with Gasteiger partial charge in [0.1, 0.15) is 0 Å². The maximum Gasteiger partial charge on any atom is 0.0925 e. The van der Waals surface area contributed by atoms with Crippen LogP contribution in [0.5, 0.6) is 0 Å². The van der Waals surface area contributed by atoms with Gasteiger partial charge in [-0.1, -0.05) is 6.08 Å². The average molecular weight is 127 g/mol. The van der Waals surface area contributed by atoms with Crippen molar-refractivity contribution in [2.75, 3.05) is 19.8 Å². The molecule has 0 saturated carbocycles. The minimum Gasteiger partial charge on any atom is -0.380 e. The molecule has 9 heavy (non-hydrogen) atoms. The van der Waals surface area contributed by atoms with E-state index in [9.17, 15) is 5.11 Å². The van der Waals surface area contributed by atoms with Crippen molar-refractivity contribution in [1.82, 2.24) is 0 Å². The molecule has 1 saturated heterocycles.